The number of phenols is 1. The van der Waals surface area contributed by atoms with Crippen LogP contribution in [0, 0.1) is 5.92 Å². The summed E-state index contributed by atoms with van der Waals surface area (Å²) in [5.41, 5.74) is 20.2. The summed E-state index contributed by atoms with van der Waals surface area (Å²) in [5, 5.41) is 12.5. The Hall–Kier alpha value is -3.63. The van der Waals surface area contributed by atoms with Crippen LogP contribution in [0.2, 0.25) is 0 Å². The highest BCUT2D eigenvalue weighted by atomic mass is 31.2. The van der Waals surface area contributed by atoms with E-state index in [0.29, 0.717) is 35.2 Å². The van der Waals surface area contributed by atoms with E-state index in [9.17, 15) is 9.67 Å². The maximum atomic E-state index is 13.9. The first-order chi connectivity index (χ1) is 24.5. The Morgan fingerprint density at radius 3 is 1.76 bits per heavy atom. The Morgan fingerprint density at radius 1 is 0.640 bits per heavy atom. The van der Waals surface area contributed by atoms with Crippen molar-refractivity contribution in [1.82, 2.24) is 0 Å². The smallest absolute Gasteiger partial charge is 0.507 e. The molecular formula is C44H39O5P. The first kappa shape index (κ1) is 28.0. The average molecular weight is 679 g/mol. The van der Waals surface area contributed by atoms with E-state index >= 15 is 0 Å². The van der Waals surface area contributed by atoms with Crippen LogP contribution in [0.15, 0.2) is 60.2 Å². The Balaban J connectivity index is 0.984. The molecule has 9 atom stereocenters. The molecule has 6 bridgehead atoms. The number of allylic oxidation sites excluding steroid dienone is 2. The summed E-state index contributed by atoms with van der Waals surface area (Å²) in [7, 11) is -1.08. The van der Waals surface area contributed by atoms with Crippen LogP contribution in [0.4, 0.5) is 0 Å². The normalized spacial score (nSPS) is 32.7. The molecule has 0 saturated heterocycles. The van der Waals surface area contributed by atoms with Gasteiger partial charge in [-0.25, -0.2) is 4.57 Å². The van der Waals surface area contributed by atoms with Crippen LogP contribution in [-0.4, -0.2) is 19.3 Å². The lowest BCUT2D eigenvalue weighted by atomic mass is 9.66. The Labute approximate surface area is 292 Å². The molecular weight excluding hydrogens is 639 g/mol. The van der Waals surface area contributed by atoms with E-state index < -0.39 is 7.82 Å². The van der Waals surface area contributed by atoms with Gasteiger partial charge in [0.15, 0.2) is 0 Å². The summed E-state index contributed by atoms with van der Waals surface area (Å²) in [6, 6.07) is 19.0. The molecule has 5 nitrogen and oxygen atoms in total. The maximum absolute atomic E-state index is 13.9. The van der Waals surface area contributed by atoms with Crippen molar-refractivity contribution in [2.75, 3.05) is 14.2 Å². The lowest BCUT2D eigenvalue weighted by molar-refractivity contribution is 0.209. The molecule has 6 heteroatoms. The molecule has 0 spiro atoms. The van der Waals surface area contributed by atoms with E-state index in [0.717, 1.165) is 47.4 Å². The highest BCUT2D eigenvalue weighted by molar-refractivity contribution is 7.48. The minimum absolute atomic E-state index is 0.0721. The van der Waals surface area contributed by atoms with Gasteiger partial charge in [0, 0.05) is 77.9 Å². The van der Waals surface area contributed by atoms with E-state index in [-0.39, 0.29) is 23.7 Å². The number of phosphoric ester groups is 1. The molecule has 0 heterocycles. The SMILES string of the molecule is COP(=O)(OC)Oc1c2c(c(O)c3c1C1CC3c3cc4c(cc31)C1C3=CCCC[C@@H]3C[C@H]41)C1CC2c2cc3c(cc21)C1CC3c2ccccc21. The number of rotatable bonds is 4. The minimum Gasteiger partial charge on any atom is -0.507 e. The van der Waals surface area contributed by atoms with Crippen LogP contribution in [0.5, 0.6) is 11.5 Å². The van der Waals surface area contributed by atoms with Crippen molar-refractivity contribution in [3.63, 3.8) is 0 Å². The number of hydrogen-bond donors (Lipinski definition) is 1. The third kappa shape index (κ3) is 3.05. The van der Waals surface area contributed by atoms with Gasteiger partial charge in [-0.15, -0.1) is 0 Å². The van der Waals surface area contributed by atoms with Crippen LogP contribution >= 0.6 is 7.82 Å². The van der Waals surface area contributed by atoms with Gasteiger partial charge in [0.25, 0.3) is 0 Å². The van der Waals surface area contributed by atoms with E-state index in [1.807, 2.05) is 0 Å². The fraction of sp³-hybridized carbons (Fsp3) is 0.409. The summed E-state index contributed by atoms with van der Waals surface area (Å²) in [6.45, 7) is 0. The molecule has 0 aliphatic heterocycles. The molecule has 13 rings (SSSR count). The molecule has 1 N–H and O–H groups in total. The van der Waals surface area contributed by atoms with Crippen molar-refractivity contribution in [3.8, 4) is 11.5 Å². The molecule has 4 aromatic rings. The highest BCUT2D eigenvalue weighted by Gasteiger charge is 2.56. The van der Waals surface area contributed by atoms with Crippen molar-refractivity contribution in [1.29, 1.82) is 0 Å². The zero-order chi connectivity index (χ0) is 32.9. The predicted molar refractivity (Wildman–Crippen MR) is 190 cm³/mol. The minimum atomic E-state index is -3.88. The van der Waals surface area contributed by atoms with E-state index in [1.54, 1.807) is 11.1 Å². The van der Waals surface area contributed by atoms with Crippen LogP contribution < -0.4 is 4.52 Å². The van der Waals surface area contributed by atoms with Gasteiger partial charge in [0.1, 0.15) is 11.5 Å². The summed E-state index contributed by atoms with van der Waals surface area (Å²) < 4.78 is 31.4. The van der Waals surface area contributed by atoms with Crippen molar-refractivity contribution < 1.29 is 23.2 Å². The predicted octanol–water partition coefficient (Wildman–Crippen LogP) is 10.4. The Bertz CT molecular complexity index is 2380. The molecule has 0 amide bonds. The summed E-state index contributed by atoms with van der Waals surface area (Å²) in [5.74, 6) is 4.37. The first-order valence-electron chi connectivity index (χ1n) is 18.9. The van der Waals surface area contributed by atoms with Crippen molar-refractivity contribution in [3.05, 3.63) is 138 Å². The molecule has 1 saturated carbocycles. The molecule has 0 radical (unpaired) electrons. The first-order valence-corrected chi connectivity index (χ1v) is 20.4. The van der Waals surface area contributed by atoms with Crippen LogP contribution in [0.25, 0.3) is 0 Å². The second-order valence-electron chi connectivity index (χ2n) is 16.8. The molecule has 1 fully saturated rings. The number of benzene rings is 4. The van der Waals surface area contributed by atoms with Crippen molar-refractivity contribution in [2.24, 2.45) is 5.92 Å². The Morgan fingerprint density at radius 2 is 1.16 bits per heavy atom. The molecule has 9 aliphatic carbocycles. The zero-order valence-electron chi connectivity index (χ0n) is 28.4. The zero-order valence-corrected chi connectivity index (χ0v) is 29.3. The molecule has 9 aliphatic rings. The van der Waals surface area contributed by atoms with Crippen LogP contribution in [0.3, 0.4) is 0 Å². The third-order valence-electron chi connectivity index (χ3n) is 15.3. The lowest BCUT2D eigenvalue weighted by Crippen LogP contribution is -2.22. The summed E-state index contributed by atoms with van der Waals surface area (Å²) in [4.78, 5) is 0. The van der Waals surface area contributed by atoms with Crippen LogP contribution in [-0.2, 0) is 13.6 Å². The van der Waals surface area contributed by atoms with E-state index in [4.69, 9.17) is 13.6 Å². The van der Waals surface area contributed by atoms with Crippen molar-refractivity contribution in [2.45, 2.75) is 92.3 Å². The number of phenolic OH excluding ortho intramolecular Hbond substituents is 1. The van der Waals surface area contributed by atoms with E-state index in [2.05, 4.69) is 54.6 Å². The summed E-state index contributed by atoms with van der Waals surface area (Å²) >= 11 is 0. The number of phosphoric acid groups is 1. The maximum Gasteiger partial charge on any atom is 0.529 e. The second kappa shape index (κ2) is 9.05. The fourth-order valence-electron chi connectivity index (χ4n) is 13.5. The average Bonchev–Trinajstić information content (AvgIpc) is 4.01. The Kier molecular flexibility index (Phi) is 5.07. The van der Waals surface area contributed by atoms with Gasteiger partial charge in [-0.05, 0) is 112 Å². The molecule has 250 valence electrons. The highest BCUT2D eigenvalue weighted by Crippen LogP contribution is 2.73. The fourth-order valence-corrected chi connectivity index (χ4v) is 14.2. The lowest BCUT2D eigenvalue weighted by Gasteiger charge is -2.38. The molecule has 7 unspecified atom stereocenters. The van der Waals surface area contributed by atoms with Gasteiger partial charge in [-0.2, -0.15) is 0 Å². The number of fused-ring (bicyclic) bond motifs is 30. The summed E-state index contributed by atoms with van der Waals surface area (Å²) in [6.07, 6.45) is 10.7. The molecule has 0 aromatic heterocycles. The van der Waals surface area contributed by atoms with Gasteiger partial charge >= 0.3 is 7.82 Å². The topological polar surface area (TPSA) is 65.0 Å². The quantitative estimate of drug-likeness (QED) is 0.172. The van der Waals surface area contributed by atoms with Crippen LogP contribution in [0.1, 0.15) is 170 Å². The third-order valence-corrected chi connectivity index (χ3v) is 16.6. The van der Waals surface area contributed by atoms with Gasteiger partial charge in [0.05, 0.1) is 0 Å². The van der Waals surface area contributed by atoms with Gasteiger partial charge in [-0.3, -0.25) is 9.05 Å². The molecule has 4 aromatic carbocycles. The largest absolute Gasteiger partial charge is 0.529 e. The monoisotopic (exact) mass is 678 g/mol. The standard InChI is InChI=1S/C44H39O5P/c1-47-50(46,48-2)49-44-41-36-17-34(27-13-25-23-12-24(26(25)14-29(27)36)22-10-6-5-9-21(22)23)39(41)43(45)40-35-18-37(42(40)44)30-16-33-31(15-28(30)35)32-11-19-7-3-4-8-20(19)38(32)33/h5-6,8-10,13-16,19,23-24,32,34-38,45H,3-4,7,11-12,17-18H2,1-2H3/t19-,23?,24?,32-,34?,35?,36?,37?,38?/m1/s1. The second-order valence-corrected chi connectivity index (χ2v) is 18.6. The van der Waals surface area contributed by atoms with Gasteiger partial charge in [-0.1, -0.05) is 60.2 Å². The van der Waals surface area contributed by atoms with Gasteiger partial charge < -0.3 is 9.63 Å². The number of hydrogen-bond acceptors (Lipinski definition) is 5. The number of aromatic hydroxyl groups is 1. The van der Waals surface area contributed by atoms with Gasteiger partial charge in [0.2, 0.25) is 0 Å². The van der Waals surface area contributed by atoms with E-state index in [1.165, 1.54) is 90.0 Å². The molecule has 50 heavy (non-hydrogen) atoms. The van der Waals surface area contributed by atoms with Crippen molar-refractivity contribution >= 4 is 7.82 Å².